The molecule has 24 heteroatoms. The summed E-state index contributed by atoms with van der Waals surface area (Å²) in [6.45, 7) is 28.2. The number of rotatable bonds is 16. The molecule has 4 N–H and O–H groups in total. The summed E-state index contributed by atoms with van der Waals surface area (Å²) in [6.07, 6.45) is 3.02. The smallest absolute Gasteiger partial charge is 0.246 e. The molecule has 13 atom stereocenters. The van der Waals surface area contributed by atoms with E-state index >= 15 is 24.0 Å². The Kier molecular flexibility index (Phi) is 31.5. The Hall–Kier alpha value is -6.56. The van der Waals surface area contributed by atoms with Crippen molar-refractivity contribution in [1.29, 1.82) is 0 Å². The number of likely N-dealkylation sites (N-methyl/N-ethyl adjacent to an activating group) is 7. The SMILES string of the molecule is C/C=C/C[C@@H](C)[C@@H](O)[C@H]1C(=O)N[C@@H](CC)C(=O)N(C)CC(=O)N(C)[C@@H](CC(C)C)C(=O)N[C@@H](C(C)C)C(=O)N(C)[C@@H](CC(C)C)C(=O)N[C@@H](C)C(=O)N2C(c3ccccc3)SC[C@@H]2C(=O)N(C)[C@@H](CC(C)C)C(=O)N(C)[C@@H](CC(C)C)C(=O)N(C)[C@@H](C(C)C)C(=O)N1C. The van der Waals surface area contributed by atoms with E-state index in [0.29, 0.717) is 12.0 Å². The van der Waals surface area contributed by atoms with Crippen molar-refractivity contribution in [3.05, 3.63) is 48.0 Å². The summed E-state index contributed by atoms with van der Waals surface area (Å²) in [5.41, 5.74) is 0.710. The maximum absolute atomic E-state index is 15.4. The average molecular weight is 1320 g/mol. The van der Waals surface area contributed by atoms with Crippen LogP contribution in [0.2, 0.25) is 0 Å². The van der Waals surface area contributed by atoms with Gasteiger partial charge in [0.25, 0.3) is 0 Å². The van der Waals surface area contributed by atoms with Gasteiger partial charge in [0, 0.05) is 55.1 Å². The molecule has 11 amide bonds. The van der Waals surface area contributed by atoms with Gasteiger partial charge in [0.05, 0.1) is 12.6 Å². The predicted octanol–water partition coefficient (Wildman–Crippen LogP) is 5.41. The predicted molar refractivity (Wildman–Crippen MR) is 363 cm³/mol. The Labute approximate surface area is 559 Å². The third-order valence-electron chi connectivity index (χ3n) is 17.9. The summed E-state index contributed by atoms with van der Waals surface area (Å²) < 4.78 is 0. The van der Waals surface area contributed by atoms with Crippen LogP contribution < -0.4 is 16.0 Å². The second-order valence-electron chi connectivity index (χ2n) is 28.2. The largest absolute Gasteiger partial charge is 0.390 e. The number of fused-ring (bicyclic) bond motifs is 1. The van der Waals surface area contributed by atoms with Crippen molar-refractivity contribution in [2.45, 2.75) is 221 Å². The zero-order valence-electron chi connectivity index (χ0n) is 60.1. The molecule has 93 heavy (non-hydrogen) atoms. The lowest BCUT2D eigenvalue weighted by atomic mass is 9.91. The number of amides is 11. The van der Waals surface area contributed by atoms with Crippen LogP contribution in [0.4, 0.5) is 0 Å². The molecule has 0 aromatic heterocycles. The Bertz CT molecular complexity index is 2760. The molecule has 2 heterocycles. The molecule has 0 saturated carbocycles. The van der Waals surface area contributed by atoms with Crippen LogP contribution in [0.3, 0.4) is 0 Å². The number of allylic oxidation sites excluding steroid dienone is 2. The van der Waals surface area contributed by atoms with E-state index in [-0.39, 0.29) is 61.5 Å². The lowest BCUT2D eigenvalue weighted by molar-refractivity contribution is -0.158. The van der Waals surface area contributed by atoms with E-state index < -0.39 is 161 Å². The third-order valence-corrected chi connectivity index (χ3v) is 19.3. The Balaban J connectivity index is 2.41. The lowest BCUT2D eigenvalue weighted by Gasteiger charge is -2.42. The van der Waals surface area contributed by atoms with Crippen LogP contribution in [0.25, 0.3) is 0 Å². The molecule has 3 rings (SSSR count). The van der Waals surface area contributed by atoms with Gasteiger partial charge in [-0.2, -0.15) is 0 Å². The highest BCUT2D eigenvalue weighted by Gasteiger charge is 2.49. The standard InChI is InChI=1S/C69H115N11O12S/c1-24-26-30-45(15)58(82)57-61(85)71-48(25-2)63(87)73(17)37-54(81)74(18)49(33-39(3)4)60(84)72-55(43(11)12)67(91)75(19)50(34-40(5)6)59(83)70-46(16)62(86)80-53(38-93-69(80)47-31-28-27-29-32-47)66(90)77(21)51(35-41(7)8)64(88)76(20)52(36-42(9)10)65(89)78(22)56(44(13)14)68(92)79(57)23/h24,26-29,31-32,39-46,48-53,55-58,69,82H,25,30,33-38H2,1-23H3,(H,70,83)(H,71,85)(H,72,84)/b26-24+/t45-,46+,48+,49+,50+,51+,52+,53-,55+,56+,57+,58-,69?/m1/s1. The summed E-state index contributed by atoms with van der Waals surface area (Å²) in [6, 6.07) is -3.27. The Morgan fingerprint density at radius 3 is 1.47 bits per heavy atom. The van der Waals surface area contributed by atoms with Crippen molar-refractivity contribution in [3.8, 4) is 0 Å². The maximum atomic E-state index is 15.4. The topological polar surface area (TPSA) is 270 Å². The number of aliphatic hydroxyl groups excluding tert-OH is 1. The summed E-state index contributed by atoms with van der Waals surface area (Å²) >= 11 is 1.35. The van der Waals surface area contributed by atoms with Gasteiger partial charge >= 0.3 is 0 Å². The summed E-state index contributed by atoms with van der Waals surface area (Å²) in [5, 5.41) is 20.0. The Morgan fingerprint density at radius 1 is 0.527 bits per heavy atom. The summed E-state index contributed by atoms with van der Waals surface area (Å²) in [7, 11) is 10.1. The van der Waals surface area contributed by atoms with E-state index in [0.717, 1.165) is 9.80 Å². The summed E-state index contributed by atoms with van der Waals surface area (Å²) in [5.74, 6) is -9.44. The highest BCUT2D eigenvalue weighted by molar-refractivity contribution is 7.99. The van der Waals surface area contributed by atoms with E-state index in [1.54, 1.807) is 54.5 Å². The van der Waals surface area contributed by atoms with Gasteiger partial charge in [-0.3, -0.25) is 52.7 Å². The second-order valence-corrected chi connectivity index (χ2v) is 29.3. The molecule has 1 aromatic rings. The van der Waals surface area contributed by atoms with E-state index in [2.05, 4.69) is 16.0 Å². The van der Waals surface area contributed by atoms with Gasteiger partial charge in [0.15, 0.2) is 0 Å². The van der Waals surface area contributed by atoms with Crippen LogP contribution in [0.5, 0.6) is 0 Å². The third kappa shape index (κ3) is 21.0. The van der Waals surface area contributed by atoms with Crippen LogP contribution >= 0.6 is 11.8 Å². The van der Waals surface area contributed by atoms with Crippen LogP contribution in [-0.2, 0) is 52.7 Å². The molecule has 2 saturated heterocycles. The first-order chi connectivity index (χ1) is 43.3. The number of aliphatic hydroxyl groups is 1. The van der Waals surface area contributed by atoms with Crippen molar-refractivity contribution in [1.82, 2.24) is 55.1 Å². The fourth-order valence-electron chi connectivity index (χ4n) is 12.3. The molecule has 0 bridgehead atoms. The van der Waals surface area contributed by atoms with Crippen molar-refractivity contribution in [2.24, 2.45) is 41.4 Å². The molecular weight excluding hydrogens is 1210 g/mol. The number of benzene rings is 1. The molecule has 2 aliphatic heterocycles. The van der Waals surface area contributed by atoms with Gasteiger partial charge in [-0.1, -0.05) is 139 Å². The van der Waals surface area contributed by atoms with E-state index in [1.165, 1.54) is 97.4 Å². The highest BCUT2D eigenvalue weighted by Crippen LogP contribution is 2.43. The number of nitrogens with zero attached hydrogens (tertiary/aromatic N) is 8. The molecule has 524 valence electrons. The number of carbonyl (C=O) groups excluding carboxylic acids is 11. The minimum absolute atomic E-state index is 0.0198. The van der Waals surface area contributed by atoms with Crippen molar-refractivity contribution in [3.63, 3.8) is 0 Å². The highest BCUT2D eigenvalue weighted by atomic mass is 32.2. The molecule has 1 aromatic carbocycles. The first kappa shape index (κ1) is 80.7. The van der Waals surface area contributed by atoms with Crippen LogP contribution in [0.15, 0.2) is 42.5 Å². The quantitative estimate of drug-likeness (QED) is 0.151. The molecule has 1 unspecified atom stereocenters. The van der Waals surface area contributed by atoms with Gasteiger partial charge in [-0.15, -0.1) is 11.8 Å². The summed E-state index contributed by atoms with van der Waals surface area (Å²) in [4.78, 5) is 175. The number of carbonyl (C=O) groups is 11. The molecule has 0 spiro atoms. The first-order valence-electron chi connectivity index (χ1n) is 33.3. The molecule has 2 fully saturated rings. The normalized spacial score (nSPS) is 27.1. The van der Waals surface area contributed by atoms with Gasteiger partial charge < -0.3 is 60.3 Å². The van der Waals surface area contributed by atoms with Gasteiger partial charge in [0.1, 0.15) is 65.8 Å². The van der Waals surface area contributed by atoms with Gasteiger partial charge in [-0.25, -0.2) is 0 Å². The van der Waals surface area contributed by atoms with E-state index in [9.17, 15) is 33.9 Å². The number of nitrogens with one attached hydrogen (secondary N) is 3. The molecule has 2 aliphatic rings. The minimum atomic E-state index is -1.62. The minimum Gasteiger partial charge on any atom is -0.390 e. The second kappa shape index (κ2) is 36.4. The van der Waals surface area contributed by atoms with Crippen molar-refractivity contribution in [2.75, 3.05) is 61.6 Å². The average Bonchev–Trinajstić information content (AvgIpc) is 1.72. The Morgan fingerprint density at radius 2 is 0.989 bits per heavy atom. The fraction of sp³-hybridized carbons (Fsp3) is 0.725. The molecule has 0 radical (unpaired) electrons. The van der Waals surface area contributed by atoms with Gasteiger partial charge in [0.2, 0.25) is 65.0 Å². The van der Waals surface area contributed by atoms with Crippen LogP contribution in [-0.4, -0.2) is 237 Å². The monoisotopic (exact) mass is 1320 g/mol. The maximum Gasteiger partial charge on any atom is 0.246 e. The zero-order chi connectivity index (χ0) is 71.0. The number of hydrogen-bond donors (Lipinski definition) is 4. The van der Waals surface area contributed by atoms with Gasteiger partial charge in [-0.05, 0) is 99.4 Å². The van der Waals surface area contributed by atoms with Crippen molar-refractivity contribution >= 4 is 76.7 Å². The molecule has 23 nitrogen and oxygen atoms in total. The molecular formula is C69H115N11O12S. The first-order valence-corrected chi connectivity index (χ1v) is 34.4. The molecule has 0 aliphatic carbocycles. The van der Waals surface area contributed by atoms with Crippen molar-refractivity contribution < 1.29 is 57.8 Å². The number of hydrogen-bond acceptors (Lipinski definition) is 13. The fourth-order valence-corrected chi connectivity index (χ4v) is 13.7. The number of thioether (sulfide) groups is 1. The zero-order valence-corrected chi connectivity index (χ0v) is 60.9. The van der Waals surface area contributed by atoms with Crippen LogP contribution in [0.1, 0.15) is 160 Å². The van der Waals surface area contributed by atoms with E-state index in [1.807, 2.05) is 91.8 Å². The van der Waals surface area contributed by atoms with Crippen LogP contribution in [0, 0.1) is 41.4 Å². The van der Waals surface area contributed by atoms with E-state index in [4.69, 9.17) is 0 Å². The lowest BCUT2D eigenvalue weighted by Crippen LogP contribution is -2.63.